The number of carbonyl (C=O) groups excluding carboxylic acids is 1. The number of allylic oxidation sites excluding steroid dienone is 2. The van der Waals surface area contributed by atoms with Crippen molar-refractivity contribution in [2.24, 2.45) is 0 Å². The summed E-state index contributed by atoms with van der Waals surface area (Å²) >= 11 is 0. The van der Waals surface area contributed by atoms with Crippen molar-refractivity contribution in [3.05, 3.63) is 46.8 Å². The van der Waals surface area contributed by atoms with Crippen LogP contribution in [-0.4, -0.2) is 30.4 Å². The number of rotatable bonds is 5. The maximum Gasteiger partial charge on any atom is 0.196 e. The Morgan fingerprint density at radius 1 is 1.25 bits per heavy atom. The number of Topliss-reactive ketones (excluding diaryl/α,β-unsaturated/α-hetero) is 1. The summed E-state index contributed by atoms with van der Waals surface area (Å²) in [6.45, 7) is 6.44. The molecule has 0 atom stereocenters. The molecule has 0 aromatic heterocycles. The van der Waals surface area contributed by atoms with E-state index in [9.17, 15) is 4.79 Å². The van der Waals surface area contributed by atoms with E-state index >= 15 is 0 Å². The van der Waals surface area contributed by atoms with Gasteiger partial charge in [-0.1, -0.05) is 24.3 Å². The molecule has 0 unspecified atom stereocenters. The first-order valence-corrected chi connectivity index (χ1v) is 7.19. The van der Waals surface area contributed by atoms with E-state index in [4.69, 9.17) is 4.74 Å². The van der Waals surface area contributed by atoms with Gasteiger partial charge >= 0.3 is 0 Å². The molecule has 1 aliphatic rings. The highest BCUT2D eigenvalue weighted by Gasteiger charge is 2.25. The Bertz CT molecular complexity index is 509. The van der Waals surface area contributed by atoms with Gasteiger partial charge in [-0.05, 0) is 25.0 Å². The second kappa shape index (κ2) is 6.12. The molecule has 0 saturated carbocycles. The van der Waals surface area contributed by atoms with Crippen LogP contribution in [0.25, 0.3) is 0 Å². The zero-order valence-corrected chi connectivity index (χ0v) is 12.8. The fourth-order valence-corrected chi connectivity index (χ4v) is 2.60. The Kier molecular flexibility index (Phi) is 4.48. The molecule has 0 spiro atoms. The third-order valence-electron chi connectivity index (χ3n) is 3.99. The molecule has 20 heavy (non-hydrogen) atoms. The third-order valence-corrected chi connectivity index (χ3v) is 3.99. The van der Waals surface area contributed by atoms with Gasteiger partial charge in [0.1, 0.15) is 6.10 Å². The van der Waals surface area contributed by atoms with Gasteiger partial charge in [0.2, 0.25) is 0 Å². The molecule has 0 fully saturated rings. The molecule has 3 nitrogen and oxygen atoms in total. The number of benzene rings is 1. The van der Waals surface area contributed by atoms with Crippen molar-refractivity contribution < 1.29 is 9.53 Å². The van der Waals surface area contributed by atoms with Gasteiger partial charge in [-0.3, -0.25) is 4.79 Å². The average molecular weight is 273 g/mol. The van der Waals surface area contributed by atoms with Gasteiger partial charge in [-0.2, -0.15) is 0 Å². The Morgan fingerprint density at radius 3 is 2.25 bits per heavy atom. The first kappa shape index (κ1) is 14.6. The van der Waals surface area contributed by atoms with E-state index in [0.717, 1.165) is 25.1 Å². The normalized spacial score (nSPS) is 15.6. The highest BCUT2D eigenvalue weighted by Crippen LogP contribution is 2.26. The number of ketones is 1. The van der Waals surface area contributed by atoms with Crippen LogP contribution in [0.5, 0.6) is 0 Å². The minimum atomic E-state index is -0.00115. The van der Waals surface area contributed by atoms with Gasteiger partial charge in [0.05, 0.1) is 5.70 Å². The number of carbonyl (C=O) groups is 1. The third kappa shape index (κ3) is 3.03. The monoisotopic (exact) mass is 273 g/mol. The molecule has 0 aliphatic heterocycles. The molecule has 108 valence electrons. The molecule has 1 aromatic rings. The van der Waals surface area contributed by atoms with Crippen LogP contribution >= 0.6 is 0 Å². The smallest absolute Gasteiger partial charge is 0.196 e. The lowest BCUT2D eigenvalue weighted by Crippen LogP contribution is -2.23. The molecule has 2 rings (SSSR count). The standard InChI is InChI=1S/C17H23NO2/c1-5-18(4)12(2)17(13(3)19)20-16-10-14-8-6-7-9-15(14)11-16/h6-9,16H,5,10-11H2,1-4H3/b17-12-. The summed E-state index contributed by atoms with van der Waals surface area (Å²) in [6, 6.07) is 8.39. The lowest BCUT2D eigenvalue weighted by atomic mass is 10.1. The Labute approximate surface area is 121 Å². The SMILES string of the molecule is CCN(C)/C(C)=C(\OC1Cc2ccccc2C1)C(C)=O. The van der Waals surface area contributed by atoms with Gasteiger partial charge in [0.25, 0.3) is 0 Å². The molecule has 0 radical (unpaired) electrons. The van der Waals surface area contributed by atoms with Crippen LogP contribution in [0.1, 0.15) is 31.9 Å². The molecular weight excluding hydrogens is 250 g/mol. The molecule has 0 heterocycles. The van der Waals surface area contributed by atoms with Crippen molar-refractivity contribution in [1.29, 1.82) is 0 Å². The van der Waals surface area contributed by atoms with Gasteiger partial charge in [0, 0.05) is 33.4 Å². The van der Waals surface area contributed by atoms with Gasteiger partial charge < -0.3 is 9.64 Å². The van der Waals surface area contributed by atoms with Crippen LogP contribution in [0, 0.1) is 0 Å². The largest absolute Gasteiger partial charge is 0.484 e. The summed E-state index contributed by atoms with van der Waals surface area (Å²) in [5.41, 5.74) is 3.58. The molecule has 0 saturated heterocycles. The van der Waals surface area contributed by atoms with E-state index < -0.39 is 0 Å². The maximum atomic E-state index is 11.9. The van der Waals surface area contributed by atoms with Crippen molar-refractivity contribution in [2.75, 3.05) is 13.6 Å². The quantitative estimate of drug-likeness (QED) is 0.610. The predicted molar refractivity (Wildman–Crippen MR) is 80.4 cm³/mol. The first-order chi connectivity index (χ1) is 9.52. The van der Waals surface area contributed by atoms with Crippen molar-refractivity contribution in [3.63, 3.8) is 0 Å². The lowest BCUT2D eigenvalue weighted by Gasteiger charge is -2.23. The highest BCUT2D eigenvalue weighted by atomic mass is 16.5. The Balaban J connectivity index is 2.14. The van der Waals surface area contributed by atoms with E-state index in [1.165, 1.54) is 11.1 Å². The Morgan fingerprint density at radius 2 is 1.80 bits per heavy atom. The number of hydrogen-bond acceptors (Lipinski definition) is 3. The Hall–Kier alpha value is -1.77. The van der Waals surface area contributed by atoms with Gasteiger partial charge in [-0.25, -0.2) is 0 Å². The average Bonchev–Trinajstić information content (AvgIpc) is 2.85. The van der Waals surface area contributed by atoms with Crippen molar-refractivity contribution in [3.8, 4) is 0 Å². The van der Waals surface area contributed by atoms with E-state index in [0.29, 0.717) is 5.76 Å². The second-order valence-electron chi connectivity index (χ2n) is 5.40. The lowest BCUT2D eigenvalue weighted by molar-refractivity contribution is -0.118. The van der Waals surface area contributed by atoms with Crippen molar-refractivity contribution >= 4 is 5.78 Å². The topological polar surface area (TPSA) is 29.5 Å². The number of hydrogen-bond donors (Lipinski definition) is 0. The fraction of sp³-hybridized carbons (Fsp3) is 0.471. The minimum Gasteiger partial charge on any atom is -0.484 e. The van der Waals surface area contributed by atoms with E-state index in [1.807, 2.05) is 18.9 Å². The molecular formula is C17H23NO2. The van der Waals surface area contributed by atoms with E-state index in [1.54, 1.807) is 6.92 Å². The summed E-state index contributed by atoms with van der Waals surface area (Å²) in [7, 11) is 1.98. The second-order valence-corrected chi connectivity index (χ2v) is 5.40. The van der Waals surface area contributed by atoms with Gasteiger partial charge in [0.15, 0.2) is 11.5 Å². The fourth-order valence-electron chi connectivity index (χ4n) is 2.60. The first-order valence-electron chi connectivity index (χ1n) is 7.19. The van der Waals surface area contributed by atoms with Crippen LogP contribution in [0.3, 0.4) is 0 Å². The van der Waals surface area contributed by atoms with Crippen molar-refractivity contribution in [1.82, 2.24) is 4.90 Å². The van der Waals surface area contributed by atoms with Crippen LogP contribution in [0.4, 0.5) is 0 Å². The molecule has 1 aromatic carbocycles. The van der Waals surface area contributed by atoms with Gasteiger partial charge in [-0.15, -0.1) is 0 Å². The van der Waals surface area contributed by atoms with E-state index in [-0.39, 0.29) is 11.9 Å². The number of nitrogens with zero attached hydrogens (tertiary/aromatic N) is 1. The predicted octanol–water partition coefficient (Wildman–Crippen LogP) is 2.94. The zero-order chi connectivity index (χ0) is 14.7. The molecule has 0 bridgehead atoms. The molecule has 3 heteroatoms. The van der Waals surface area contributed by atoms with E-state index in [2.05, 4.69) is 31.2 Å². The molecule has 0 amide bonds. The summed E-state index contributed by atoms with van der Waals surface area (Å²) in [5.74, 6) is 0.505. The van der Waals surface area contributed by atoms with Crippen LogP contribution in [-0.2, 0) is 22.4 Å². The van der Waals surface area contributed by atoms with Crippen LogP contribution in [0.2, 0.25) is 0 Å². The zero-order valence-electron chi connectivity index (χ0n) is 12.8. The molecule has 1 aliphatic carbocycles. The molecule has 0 N–H and O–H groups in total. The summed E-state index contributed by atoms with van der Waals surface area (Å²) < 4.78 is 6.03. The summed E-state index contributed by atoms with van der Waals surface area (Å²) in [4.78, 5) is 13.9. The van der Waals surface area contributed by atoms with Crippen molar-refractivity contribution in [2.45, 2.75) is 39.7 Å². The minimum absolute atomic E-state index is 0.00115. The summed E-state index contributed by atoms with van der Waals surface area (Å²) in [6.07, 6.45) is 1.85. The highest BCUT2D eigenvalue weighted by molar-refractivity contribution is 5.91. The van der Waals surface area contributed by atoms with Crippen LogP contribution in [0.15, 0.2) is 35.7 Å². The maximum absolute atomic E-state index is 11.9. The summed E-state index contributed by atoms with van der Waals surface area (Å²) in [5, 5.41) is 0. The number of fused-ring (bicyclic) bond motifs is 1. The number of ether oxygens (including phenoxy) is 1. The van der Waals surface area contributed by atoms with Crippen LogP contribution < -0.4 is 0 Å².